The third-order valence-corrected chi connectivity index (χ3v) is 2.80. The van der Waals surface area contributed by atoms with Gasteiger partial charge in [-0.2, -0.15) is 4.98 Å². The van der Waals surface area contributed by atoms with Gasteiger partial charge in [-0.25, -0.2) is 4.98 Å². The standard InChI is InChI=1S/C14H18N4O/c1-3-4-10-5-7-11(8-6-10)18-13-12(15)14(19-2)17-9-16-13/h5-9H,3-4,15H2,1-2H3,(H,16,17,18). The molecule has 0 aliphatic rings. The topological polar surface area (TPSA) is 73.1 Å². The highest BCUT2D eigenvalue weighted by atomic mass is 16.5. The monoisotopic (exact) mass is 258 g/mol. The molecule has 0 fully saturated rings. The maximum Gasteiger partial charge on any atom is 0.242 e. The van der Waals surface area contributed by atoms with Crippen molar-refractivity contribution in [3.8, 4) is 5.88 Å². The van der Waals surface area contributed by atoms with E-state index in [2.05, 4.69) is 34.3 Å². The molecule has 0 spiro atoms. The minimum absolute atomic E-state index is 0.375. The van der Waals surface area contributed by atoms with Crippen molar-refractivity contribution in [1.82, 2.24) is 9.97 Å². The Morgan fingerprint density at radius 2 is 1.95 bits per heavy atom. The van der Waals surface area contributed by atoms with E-state index >= 15 is 0 Å². The second kappa shape index (κ2) is 6.04. The Kier molecular flexibility index (Phi) is 4.18. The second-order valence-corrected chi connectivity index (χ2v) is 4.22. The molecule has 5 nitrogen and oxygen atoms in total. The van der Waals surface area contributed by atoms with Crippen LogP contribution in [0.2, 0.25) is 0 Å². The van der Waals surface area contributed by atoms with Crippen molar-refractivity contribution in [1.29, 1.82) is 0 Å². The zero-order valence-electron chi connectivity index (χ0n) is 11.2. The molecule has 0 aliphatic carbocycles. The SMILES string of the molecule is CCCc1ccc(Nc2ncnc(OC)c2N)cc1. The maximum absolute atomic E-state index is 5.91. The molecule has 100 valence electrons. The molecule has 3 N–H and O–H groups in total. The number of ether oxygens (including phenoxy) is 1. The molecule has 0 bridgehead atoms. The summed E-state index contributed by atoms with van der Waals surface area (Å²) in [6.07, 6.45) is 3.65. The van der Waals surface area contributed by atoms with Gasteiger partial charge in [0.25, 0.3) is 0 Å². The van der Waals surface area contributed by atoms with Gasteiger partial charge in [0.15, 0.2) is 5.82 Å². The van der Waals surface area contributed by atoms with Crippen LogP contribution >= 0.6 is 0 Å². The average Bonchev–Trinajstić information content (AvgIpc) is 2.43. The third kappa shape index (κ3) is 3.13. The lowest BCUT2D eigenvalue weighted by molar-refractivity contribution is 0.399. The predicted molar refractivity (Wildman–Crippen MR) is 76.7 cm³/mol. The van der Waals surface area contributed by atoms with E-state index in [0.29, 0.717) is 17.4 Å². The van der Waals surface area contributed by atoms with E-state index in [1.54, 1.807) is 0 Å². The number of aromatic nitrogens is 2. The van der Waals surface area contributed by atoms with Crippen LogP contribution in [0.4, 0.5) is 17.2 Å². The van der Waals surface area contributed by atoms with Gasteiger partial charge in [0.05, 0.1) is 7.11 Å². The highest BCUT2D eigenvalue weighted by Crippen LogP contribution is 2.27. The Morgan fingerprint density at radius 3 is 2.58 bits per heavy atom. The molecule has 1 aromatic carbocycles. The lowest BCUT2D eigenvalue weighted by Gasteiger charge is -2.10. The van der Waals surface area contributed by atoms with Crippen LogP contribution < -0.4 is 15.8 Å². The first kappa shape index (κ1) is 13.1. The number of nitrogens with one attached hydrogen (secondary N) is 1. The first-order valence-corrected chi connectivity index (χ1v) is 6.25. The van der Waals surface area contributed by atoms with Crippen molar-refractivity contribution in [3.05, 3.63) is 36.2 Å². The Labute approximate surface area is 112 Å². The number of aryl methyl sites for hydroxylation is 1. The summed E-state index contributed by atoms with van der Waals surface area (Å²) in [5.74, 6) is 0.926. The molecule has 0 aliphatic heterocycles. The number of hydrogen-bond acceptors (Lipinski definition) is 5. The number of methoxy groups -OCH3 is 1. The van der Waals surface area contributed by atoms with Gasteiger partial charge < -0.3 is 15.8 Å². The van der Waals surface area contributed by atoms with Crippen LogP contribution in [-0.2, 0) is 6.42 Å². The molecule has 1 aromatic heterocycles. The van der Waals surface area contributed by atoms with E-state index in [4.69, 9.17) is 10.5 Å². The number of nitrogens with zero attached hydrogens (tertiary/aromatic N) is 2. The van der Waals surface area contributed by atoms with Gasteiger partial charge in [0.1, 0.15) is 12.0 Å². The minimum atomic E-state index is 0.375. The molecule has 0 atom stereocenters. The molecular formula is C14H18N4O. The summed E-state index contributed by atoms with van der Waals surface area (Å²) in [7, 11) is 1.53. The Hall–Kier alpha value is -2.30. The van der Waals surface area contributed by atoms with Crippen molar-refractivity contribution in [2.24, 2.45) is 0 Å². The summed E-state index contributed by atoms with van der Waals surface area (Å²) < 4.78 is 5.06. The van der Waals surface area contributed by atoms with Gasteiger partial charge in [0, 0.05) is 5.69 Å². The number of nitrogen functional groups attached to an aromatic ring is 1. The molecule has 0 radical (unpaired) electrons. The molecule has 0 saturated carbocycles. The summed E-state index contributed by atoms with van der Waals surface area (Å²) in [6, 6.07) is 8.22. The van der Waals surface area contributed by atoms with E-state index in [0.717, 1.165) is 18.5 Å². The number of nitrogens with two attached hydrogens (primary N) is 1. The van der Waals surface area contributed by atoms with Crippen LogP contribution in [0.5, 0.6) is 5.88 Å². The van der Waals surface area contributed by atoms with Gasteiger partial charge in [0.2, 0.25) is 5.88 Å². The van der Waals surface area contributed by atoms with Crippen molar-refractivity contribution >= 4 is 17.2 Å². The Balaban J connectivity index is 2.16. The molecule has 1 heterocycles. The van der Waals surface area contributed by atoms with E-state index in [-0.39, 0.29) is 0 Å². The van der Waals surface area contributed by atoms with Crippen LogP contribution in [0.15, 0.2) is 30.6 Å². The number of benzene rings is 1. The van der Waals surface area contributed by atoms with Crippen LogP contribution in [0.1, 0.15) is 18.9 Å². The number of anilines is 3. The first-order valence-electron chi connectivity index (χ1n) is 6.25. The van der Waals surface area contributed by atoms with Crippen molar-refractivity contribution < 1.29 is 4.74 Å². The molecule has 0 amide bonds. The fraction of sp³-hybridized carbons (Fsp3) is 0.286. The summed E-state index contributed by atoms with van der Waals surface area (Å²) in [6.45, 7) is 2.17. The molecule has 2 aromatic rings. The van der Waals surface area contributed by atoms with E-state index in [9.17, 15) is 0 Å². The maximum atomic E-state index is 5.91. The highest BCUT2D eigenvalue weighted by molar-refractivity contribution is 5.72. The van der Waals surface area contributed by atoms with Crippen LogP contribution in [0.25, 0.3) is 0 Å². The molecule has 0 unspecified atom stereocenters. The van der Waals surface area contributed by atoms with Crippen LogP contribution in [0.3, 0.4) is 0 Å². The zero-order chi connectivity index (χ0) is 13.7. The van der Waals surface area contributed by atoms with Gasteiger partial charge in [-0.05, 0) is 24.1 Å². The van der Waals surface area contributed by atoms with Gasteiger partial charge >= 0.3 is 0 Å². The molecule has 5 heteroatoms. The number of hydrogen-bond donors (Lipinski definition) is 2. The molecular weight excluding hydrogens is 240 g/mol. The van der Waals surface area contributed by atoms with Gasteiger partial charge in [-0.15, -0.1) is 0 Å². The highest BCUT2D eigenvalue weighted by Gasteiger charge is 2.08. The quantitative estimate of drug-likeness (QED) is 0.862. The van der Waals surface area contributed by atoms with Crippen LogP contribution in [0, 0.1) is 0 Å². The minimum Gasteiger partial charge on any atom is -0.479 e. The average molecular weight is 258 g/mol. The lowest BCUT2D eigenvalue weighted by Crippen LogP contribution is -2.03. The molecule has 2 rings (SSSR count). The fourth-order valence-electron chi connectivity index (χ4n) is 1.82. The summed E-state index contributed by atoms with van der Waals surface area (Å²) in [5, 5.41) is 3.16. The summed E-state index contributed by atoms with van der Waals surface area (Å²) in [4.78, 5) is 8.05. The number of rotatable bonds is 5. The van der Waals surface area contributed by atoms with Crippen LogP contribution in [-0.4, -0.2) is 17.1 Å². The third-order valence-electron chi connectivity index (χ3n) is 2.80. The Morgan fingerprint density at radius 1 is 1.21 bits per heavy atom. The smallest absolute Gasteiger partial charge is 0.242 e. The van der Waals surface area contributed by atoms with E-state index < -0.39 is 0 Å². The van der Waals surface area contributed by atoms with Crippen molar-refractivity contribution in [2.45, 2.75) is 19.8 Å². The summed E-state index contributed by atoms with van der Waals surface area (Å²) in [5.41, 5.74) is 8.57. The predicted octanol–water partition coefficient (Wildman–Crippen LogP) is 2.76. The van der Waals surface area contributed by atoms with Crippen molar-refractivity contribution in [3.63, 3.8) is 0 Å². The molecule has 19 heavy (non-hydrogen) atoms. The van der Waals surface area contributed by atoms with Gasteiger partial charge in [-0.3, -0.25) is 0 Å². The first-order chi connectivity index (χ1) is 9.24. The summed E-state index contributed by atoms with van der Waals surface area (Å²) >= 11 is 0. The largest absolute Gasteiger partial charge is 0.479 e. The molecule has 0 saturated heterocycles. The van der Waals surface area contributed by atoms with E-state index in [1.165, 1.54) is 19.0 Å². The normalized spacial score (nSPS) is 10.2. The van der Waals surface area contributed by atoms with Gasteiger partial charge in [-0.1, -0.05) is 25.5 Å². The van der Waals surface area contributed by atoms with E-state index in [1.807, 2.05) is 12.1 Å². The zero-order valence-corrected chi connectivity index (χ0v) is 11.2. The fourth-order valence-corrected chi connectivity index (χ4v) is 1.82. The Bertz CT molecular complexity index is 540. The van der Waals surface area contributed by atoms with Crippen molar-refractivity contribution in [2.75, 3.05) is 18.2 Å². The second-order valence-electron chi connectivity index (χ2n) is 4.22. The lowest BCUT2D eigenvalue weighted by atomic mass is 10.1.